The number of esters is 1. The van der Waals surface area contributed by atoms with E-state index in [0.29, 0.717) is 26.2 Å². The zero-order valence-electron chi connectivity index (χ0n) is 21.5. The number of hydrogen-bond donors (Lipinski definition) is 1. The molecule has 0 unspecified atom stereocenters. The number of ether oxygens (including phenoxy) is 2. The van der Waals surface area contributed by atoms with E-state index in [2.05, 4.69) is 4.99 Å². The number of nitrogens with zero attached hydrogens (tertiary/aromatic N) is 3. The van der Waals surface area contributed by atoms with Crippen LogP contribution in [0, 0.1) is 0 Å². The second kappa shape index (κ2) is 11.6. The lowest BCUT2D eigenvalue weighted by atomic mass is 9.95. The Bertz CT molecular complexity index is 1630. The van der Waals surface area contributed by atoms with Crippen LogP contribution in [-0.4, -0.2) is 48.9 Å². The molecule has 0 fully saturated rings. The fourth-order valence-corrected chi connectivity index (χ4v) is 5.81. The van der Waals surface area contributed by atoms with Gasteiger partial charge < -0.3 is 19.5 Å². The minimum atomic E-state index is -1.17. The average molecular weight is 590 g/mol. The highest BCUT2D eigenvalue weighted by atomic mass is 35.5. The quantitative estimate of drug-likeness (QED) is 0.399. The van der Waals surface area contributed by atoms with Crippen molar-refractivity contribution in [2.24, 2.45) is 4.99 Å². The van der Waals surface area contributed by atoms with E-state index in [1.807, 2.05) is 43.3 Å². The second-order valence-electron chi connectivity index (χ2n) is 8.78. The van der Waals surface area contributed by atoms with Crippen LogP contribution in [0.5, 0.6) is 5.75 Å². The maximum absolute atomic E-state index is 13.8. The number of thiazole rings is 1. The zero-order valence-corrected chi connectivity index (χ0v) is 23.9. The van der Waals surface area contributed by atoms with Crippen molar-refractivity contribution in [3.8, 4) is 5.75 Å². The van der Waals surface area contributed by atoms with Crippen LogP contribution in [0.2, 0.25) is 10.0 Å². The lowest BCUT2D eigenvalue weighted by Crippen LogP contribution is -2.39. The molecule has 2 heterocycles. The van der Waals surface area contributed by atoms with Crippen molar-refractivity contribution in [2.45, 2.75) is 19.9 Å². The molecule has 0 saturated heterocycles. The Morgan fingerprint density at radius 2 is 1.82 bits per heavy atom. The molecule has 1 N–H and O–H groups in total. The number of anilines is 1. The monoisotopic (exact) mass is 589 g/mol. The third kappa shape index (κ3) is 5.88. The molecule has 1 aromatic heterocycles. The van der Waals surface area contributed by atoms with E-state index in [0.717, 1.165) is 22.6 Å². The standard InChI is InChI=1S/C27H25Cl2N3O6S/c1-5-37-26(36)22-14(2)30-27-32(23(22)16-6-8-17(9-7-16)31(3)4)25(35)20(39-27)12-15-10-18(28)24(19(29)11-15)38-13-21(33)34/h6-12,23H,5,13H2,1-4H3,(H,33,34)/b20-12-/t23-/m0/s1. The summed E-state index contributed by atoms with van der Waals surface area (Å²) >= 11 is 13.7. The van der Waals surface area contributed by atoms with Gasteiger partial charge in [-0.05, 0) is 55.3 Å². The molecule has 1 aliphatic rings. The molecular formula is C27H25Cl2N3O6S. The van der Waals surface area contributed by atoms with E-state index >= 15 is 0 Å². The summed E-state index contributed by atoms with van der Waals surface area (Å²) < 4.78 is 12.3. The van der Waals surface area contributed by atoms with Gasteiger partial charge in [0.2, 0.25) is 0 Å². The lowest BCUT2D eigenvalue weighted by molar-refractivity contribution is -0.140. The first kappa shape index (κ1) is 28.4. The predicted octanol–water partition coefficient (Wildman–Crippen LogP) is 3.63. The molecule has 3 aromatic rings. The molecule has 39 heavy (non-hydrogen) atoms. The molecule has 0 radical (unpaired) electrons. The third-order valence-electron chi connectivity index (χ3n) is 5.90. The number of aromatic nitrogens is 1. The van der Waals surface area contributed by atoms with Crippen molar-refractivity contribution < 1.29 is 24.2 Å². The first-order valence-electron chi connectivity index (χ1n) is 11.8. The van der Waals surface area contributed by atoms with Gasteiger partial charge in [0.25, 0.3) is 5.56 Å². The number of benzene rings is 2. The second-order valence-corrected chi connectivity index (χ2v) is 10.6. The Morgan fingerprint density at radius 3 is 2.38 bits per heavy atom. The summed E-state index contributed by atoms with van der Waals surface area (Å²) in [6.07, 6.45) is 1.61. The number of carboxylic acid groups (broad SMARTS) is 1. The summed E-state index contributed by atoms with van der Waals surface area (Å²) in [5, 5.41) is 9.06. The molecular weight excluding hydrogens is 565 g/mol. The van der Waals surface area contributed by atoms with Gasteiger partial charge in [-0.2, -0.15) is 0 Å². The summed E-state index contributed by atoms with van der Waals surface area (Å²) in [4.78, 5) is 44.6. The van der Waals surface area contributed by atoms with Crippen molar-refractivity contribution in [2.75, 3.05) is 32.2 Å². The predicted molar refractivity (Wildman–Crippen MR) is 151 cm³/mol. The molecule has 0 spiro atoms. The highest BCUT2D eigenvalue weighted by Gasteiger charge is 2.33. The number of halogens is 2. The normalized spacial score (nSPS) is 15.0. The van der Waals surface area contributed by atoms with Crippen molar-refractivity contribution in [3.63, 3.8) is 0 Å². The molecule has 9 nitrogen and oxygen atoms in total. The SMILES string of the molecule is CCOC(=O)C1=C(C)N=c2s/c(=C\c3cc(Cl)c(OCC(=O)O)c(Cl)c3)c(=O)n2[C@H]1c1ccc(N(C)C)cc1. The topological polar surface area (TPSA) is 110 Å². The summed E-state index contributed by atoms with van der Waals surface area (Å²) in [7, 11) is 3.85. The van der Waals surface area contributed by atoms with Gasteiger partial charge in [-0.25, -0.2) is 14.6 Å². The number of fused-ring (bicyclic) bond motifs is 1. The van der Waals surface area contributed by atoms with Crippen molar-refractivity contribution in [1.29, 1.82) is 0 Å². The van der Waals surface area contributed by atoms with Crippen molar-refractivity contribution in [1.82, 2.24) is 4.57 Å². The fraction of sp³-hybridized carbons (Fsp3) is 0.259. The number of carboxylic acids is 1. The number of hydrogen-bond acceptors (Lipinski definition) is 8. The van der Waals surface area contributed by atoms with Gasteiger partial charge in [0.15, 0.2) is 17.2 Å². The number of carbonyl (C=O) groups excluding carboxylic acids is 1. The molecule has 4 rings (SSSR count). The van der Waals surface area contributed by atoms with E-state index in [9.17, 15) is 14.4 Å². The lowest BCUT2D eigenvalue weighted by Gasteiger charge is -2.25. The van der Waals surface area contributed by atoms with Crippen LogP contribution in [0.4, 0.5) is 5.69 Å². The van der Waals surface area contributed by atoms with Gasteiger partial charge in [-0.1, -0.05) is 46.7 Å². The number of aliphatic carboxylic acids is 1. The van der Waals surface area contributed by atoms with Gasteiger partial charge in [0.1, 0.15) is 0 Å². The van der Waals surface area contributed by atoms with Crippen LogP contribution in [0.25, 0.3) is 6.08 Å². The number of carbonyl (C=O) groups is 2. The minimum absolute atomic E-state index is 0.0372. The molecule has 0 bridgehead atoms. The molecule has 12 heteroatoms. The molecule has 1 aliphatic heterocycles. The Hall–Kier alpha value is -3.60. The highest BCUT2D eigenvalue weighted by Crippen LogP contribution is 2.35. The highest BCUT2D eigenvalue weighted by molar-refractivity contribution is 7.07. The molecule has 0 saturated carbocycles. The fourth-order valence-electron chi connectivity index (χ4n) is 4.15. The zero-order chi connectivity index (χ0) is 28.4. The van der Waals surface area contributed by atoms with Crippen LogP contribution in [0.3, 0.4) is 0 Å². The van der Waals surface area contributed by atoms with E-state index in [1.54, 1.807) is 19.9 Å². The summed E-state index contributed by atoms with van der Waals surface area (Å²) in [6.45, 7) is 3.02. The van der Waals surface area contributed by atoms with E-state index in [-0.39, 0.29) is 28.0 Å². The van der Waals surface area contributed by atoms with Gasteiger partial charge in [0, 0.05) is 19.8 Å². The smallest absolute Gasteiger partial charge is 0.341 e. The molecule has 0 amide bonds. The summed E-state index contributed by atoms with van der Waals surface area (Å²) in [5.74, 6) is -1.67. The average Bonchev–Trinajstić information content (AvgIpc) is 3.16. The first-order valence-corrected chi connectivity index (χ1v) is 13.4. The Balaban J connectivity index is 1.86. The summed E-state index contributed by atoms with van der Waals surface area (Å²) in [5.41, 5.74) is 2.61. The maximum atomic E-state index is 13.8. The van der Waals surface area contributed by atoms with Crippen molar-refractivity contribution >= 4 is 58.2 Å². The van der Waals surface area contributed by atoms with Crippen LogP contribution < -0.4 is 24.5 Å². The van der Waals surface area contributed by atoms with Gasteiger partial charge >= 0.3 is 11.9 Å². The number of rotatable bonds is 8. The largest absolute Gasteiger partial charge is 0.479 e. The van der Waals surface area contributed by atoms with Crippen LogP contribution >= 0.6 is 34.5 Å². The molecule has 1 atom stereocenters. The Labute approximate surface area is 237 Å². The van der Waals surface area contributed by atoms with E-state index in [1.165, 1.54) is 16.7 Å². The van der Waals surface area contributed by atoms with Crippen LogP contribution in [-0.2, 0) is 14.3 Å². The third-order valence-corrected chi connectivity index (χ3v) is 7.45. The van der Waals surface area contributed by atoms with Crippen LogP contribution in [0.15, 0.2) is 57.5 Å². The van der Waals surface area contributed by atoms with Gasteiger partial charge in [0.05, 0.1) is 38.5 Å². The van der Waals surface area contributed by atoms with E-state index < -0.39 is 24.6 Å². The first-order chi connectivity index (χ1) is 18.5. The number of allylic oxidation sites excluding steroid dienone is 1. The molecule has 204 valence electrons. The Kier molecular flexibility index (Phi) is 8.48. The maximum Gasteiger partial charge on any atom is 0.341 e. The Morgan fingerprint density at radius 1 is 1.18 bits per heavy atom. The van der Waals surface area contributed by atoms with Crippen LogP contribution in [0.1, 0.15) is 31.0 Å². The summed E-state index contributed by atoms with van der Waals surface area (Å²) in [6, 6.07) is 9.90. The van der Waals surface area contributed by atoms with Crippen molar-refractivity contribution in [3.05, 3.63) is 88.5 Å². The van der Waals surface area contributed by atoms with E-state index in [4.69, 9.17) is 37.8 Å². The molecule has 2 aromatic carbocycles. The van der Waals surface area contributed by atoms with Gasteiger partial charge in [-0.15, -0.1) is 0 Å². The minimum Gasteiger partial charge on any atom is -0.479 e. The van der Waals surface area contributed by atoms with Gasteiger partial charge in [-0.3, -0.25) is 9.36 Å². The molecule has 0 aliphatic carbocycles.